The minimum absolute atomic E-state index is 0.272. The molecule has 5 nitrogen and oxygen atoms in total. The molecule has 3 N–H and O–H groups in total. The number of carbonyl (C=O) groups is 1. The van der Waals surface area contributed by atoms with Crippen molar-refractivity contribution in [1.82, 2.24) is 9.55 Å². The van der Waals surface area contributed by atoms with E-state index >= 15 is 0 Å². The number of nitrogens with one attached hydrogen (secondary N) is 1. The SMILES string of the molecule is NCCn1cnc(C(=O)Nc2c(Cl)cc(Br)cc2Cl)c1. The van der Waals surface area contributed by atoms with E-state index in [9.17, 15) is 4.79 Å². The lowest BCUT2D eigenvalue weighted by molar-refractivity contribution is 0.102. The molecule has 0 radical (unpaired) electrons. The van der Waals surface area contributed by atoms with Gasteiger partial charge in [0.25, 0.3) is 5.91 Å². The molecule has 0 aliphatic rings. The molecule has 8 heteroatoms. The highest BCUT2D eigenvalue weighted by Gasteiger charge is 2.14. The molecule has 106 valence electrons. The largest absolute Gasteiger partial charge is 0.335 e. The van der Waals surface area contributed by atoms with E-state index in [0.29, 0.717) is 28.8 Å². The molecule has 1 aromatic carbocycles. The van der Waals surface area contributed by atoms with Crippen molar-refractivity contribution in [3.63, 3.8) is 0 Å². The molecule has 0 unspecified atom stereocenters. The summed E-state index contributed by atoms with van der Waals surface area (Å²) in [5, 5.41) is 3.34. The number of imidazole rings is 1. The van der Waals surface area contributed by atoms with Crippen LogP contribution in [0.15, 0.2) is 29.1 Å². The van der Waals surface area contributed by atoms with Crippen molar-refractivity contribution in [3.05, 3.63) is 44.9 Å². The van der Waals surface area contributed by atoms with E-state index in [1.807, 2.05) is 0 Å². The lowest BCUT2D eigenvalue weighted by Gasteiger charge is -2.08. The molecular formula is C12H11BrCl2N4O. The van der Waals surface area contributed by atoms with Crippen molar-refractivity contribution in [3.8, 4) is 0 Å². The van der Waals surface area contributed by atoms with Gasteiger partial charge in [-0.15, -0.1) is 0 Å². The number of nitrogens with zero attached hydrogens (tertiary/aromatic N) is 2. The number of rotatable bonds is 4. The summed E-state index contributed by atoms with van der Waals surface area (Å²) >= 11 is 15.4. The molecule has 0 aliphatic heterocycles. The van der Waals surface area contributed by atoms with Crippen molar-refractivity contribution in [2.45, 2.75) is 6.54 Å². The zero-order chi connectivity index (χ0) is 14.7. The van der Waals surface area contributed by atoms with Crippen molar-refractivity contribution < 1.29 is 4.79 Å². The Morgan fingerprint density at radius 1 is 1.40 bits per heavy atom. The Hall–Kier alpha value is -1.08. The molecule has 0 spiro atoms. The molecule has 0 saturated heterocycles. The van der Waals surface area contributed by atoms with Gasteiger partial charge in [0.15, 0.2) is 0 Å². The number of carbonyl (C=O) groups excluding carboxylic acids is 1. The minimum Gasteiger partial charge on any atom is -0.335 e. The summed E-state index contributed by atoms with van der Waals surface area (Å²) in [5.41, 5.74) is 6.06. The fourth-order valence-corrected chi connectivity index (χ4v) is 2.89. The summed E-state index contributed by atoms with van der Waals surface area (Å²) in [4.78, 5) is 16.1. The molecule has 20 heavy (non-hydrogen) atoms. The van der Waals surface area contributed by atoms with Gasteiger partial charge in [0, 0.05) is 23.8 Å². The van der Waals surface area contributed by atoms with Gasteiger partial charge in [0.1, 0.15) is 5.69 Å². The van der Waals surface area contributed by atoms with Crippen molar-refractivity contribution >= 4 is 50.7 Å². The van der Waals surface area contributed by atoms with E-state index in [2.05, 4.69) is 26.2 Å². The first-order chi connectivity index (χ1) is 9.51. The van der Waals surface area contributed by atoms with Crippen LogP contribution in [0.4, 0.5) is 5.69 Å². The van der Waals surface area contributed by atoms with Crippen LogP contribution < -0.4 is 11.1 Å². The maximum Gasteiger partial charge on any atom is 0.275 e. The summed E-state index contributed by atoms with van der Waals surface area (Å²) in [5.74, 6) is -0.383. The molecule has 2 aromatic rings. The third-order valence-corrected chi connectivity index (χ3v) is 3.55. The van der Waals surface area contributed by atoms with E-state index in [-0.39, 0.29) is 11.6 Å². The van der Waals surface area contributed by atoms with Gasteiger partial charge >= 0.3 is 0 Å². The highest BCUT2D eigenvalue weighted by atomic mass is 79.9. The van der Waals surface area contributed by atoms with Gasteiger partial charge in [-0.05, 0) is 12.1 Å². The third-order valence-electron chi connectivity index (χ3n) is 2.50. The normalized spacial score (nSPS) is 10.6. The van der Waals surface area contributed by atoms with Gasteiger partial charge in [-0.25, -0.2) is 4.98 Å². The summed E-state index contributed by atoms with van der Waals surface area (Å²) in [6, 6.07) is 3.30. The fourth-order valence-electron chi connectivity index (χ4n) is 1.59. The summed E-state index contributed by atoms with van der Waals surface area (Å²) in [6.07, 6.45) is 3.16. The second-order valence-electron chi connectivity index (χ2n) is 3.98. The molecule has 0 saturated carbocycles. The Labute approximate surface area is 134 Å². The number of benzene rings is 1. The topological polar surface area (TPSA) is 72.9 Å². The second-order valence-corrected chi connectivity index (χ2v) is 5.71. The van der Waals surface area contributed by atoms with Crippen LogP contribution in [-0.2, 0) is 6.54 Å². The molecule has 2 rings (SSSR count). The second kappa shape index (κ2) is 6.58. The van der Waals surface area contributed by atoms with Gasteiger partial charge in [-0.1, -0.05) is 39.1 Å². The number of aromatic nitrogens is 2. The first-order valence-electron chi connectivity index (χ1n) is 5.69. The smallest absolute Gasteiger partial charge is 0.275 e. The van der Waals surface area contributed by atoms with Gasteiger partial charge in [-0.3, -0.25) is 4.79 Å². The first-order valence-corrected chi connectivity index (χ1v) is 7.24. The van der Waals surface area contributed by atoms with E-state index in [1.54, 1.807) is 29.2 Å². The average Bonchev–Trinajstić information content (AvgIpc) is 2.82. The van der Waals surface area contributed by atoms with E-state index < -0.39 is 0 Å². The Morgan fingerprint density at radius 3 is 2.65 bits per heavy atom. The Morgan fingerprint density at radius 2 is 2.05 bits per heavy atom. The van der Waals surface area contributed by atoms with Crippen LogP contribution in [0.3, 0.4) is 0 Å². The van der Waals surface area contributed by atoms with Crippen molar-refractivity contribution in [2.24, 2.45) is 5.73 Å². The Bertz CT molecular complexity index is 621. The van der Waals surface area contributed by atoms with Gasteiger partial charge in [-0.2, -0.15) is 0 Å². The van der Waals surface area contributed by atoms with Crippen LogP contribution in [-0.4, -0.2) is 22.0 Å². The molecule has 1 aromatic heterocycles. The van der Waals surface area contributed by atoms with Crippen LogP contribution in [0.1, 0.15) is 10.5 Å². The lowest BCUT2D eigenvalue weighted by atomic mass is 10.3. The molecule has 1 heterocycles. The lowest BCUT2D eigenvalue weighted by Crippen LogP contribution is -2.13. The van der Waals surface area contributed by atoms with Crippen molar-refractivity contribution in [2.75, 3.05) is 11.9 Å². The maximum atomic E-state index is 12.1. The predicted molar refractivity (Wildman–Crippen MR) is 83.4 cm³/mol. The van der Waals surface area contributed by atoms with Gasteiger partial charge in [0.2, 0.25) is 0 Å². The zero-order valence-corrected chi connectivity index (χ0v) is 13.3. The summed E-state index contributed by atoms with van der Waals surface area (Å²) in [6.45, 7) is 1.07. The number of halogens is 3. The number of nitrogens with two attached hydrogens (primary N) is 1. The summed E-state index contributed by atoms with van der Waals surface area (Å²) < 4.78 is 2.47. The average molecular weight is 378 g/mol. The van der Waals surface area contributed by atoms with Crippen LogP contribution >= 0.6 is 39.1 Å². The number of hydrogen-bond acceptors (Lipinski definition) is 3. The van der Waals surface area contributed by atoms with Crippen LogP contribution in [0, 0.1) is 0 Å². The molecule has 0 aliphatic carbocycles. The standard InChI is InChI=1S/C12H11BrCl2N4O/c13-7-3-8(14)11(9(15)4-7)18-12(20)10-5-19(2-1-16)6-17-10/h3-6H,1-2,16H2,(H,18,20). The third kappa shape index (κ3) is 3.52. The monoisotopic (exact) mass is 376 g/mol. The predicted octanol–water partition coefficient (Wildman–Crippen LogP) is 3.16. The number of amides is 1. The Kier molecular flexibility index (Phi) is 5.04. The van der Waals surface area contributed by atoms with E-state index in [0.717, 1.165) is 4.47 Å². The quantitative estimate of drug-likeness (QED) is 0.859. The molecule has 1 amide bonds. The summed E-state index contributed by atoms with van der Waals surface area (Å²) in [7, 11) is 0. The zero-order valence-electron chi connectivity index (χ0n) is 10.2. The number of anilines is 1. The van der Waals surface area contributed by atoms with Crippen LogP contribution in [0.25, 0.3) is 0 Å². The van der Waals surface area contributed by atoms with Crippen LogP contribution in [0.5, 0.6) is 0 Å². The van der Waals surface area contributed by atoms with Crippen LogP contribution in [0.2, 0.25) is 10.0 Å². The highest BCUT2D eigenvalue weighted by Crippen LogP contribution is 2.33. The Balaban J connectivity index is 2.19. The molecule has 0 bridgehead atoms. The van der Waals surface area contributed by atoms with Gasteiger partial charge in [0.05, 0.1) is 22.1 Å². The van der Waals surface area contributed by atoms with E-state index in [4.69, 9.17) is 28.9 Å². The number of hydrogen-bond donors (Lipinski definition) is 2. The molecular weight excluding hydrogens is 367 g/mol. The minimum atomic E-state index is -0.383. The first kappa shape index (κ1) is 15.3. The fraction of sp³-hybridized carbons (Fsp3) is 0.167. The maximum absolute atomic E-state index is 12.1. The molecule has 0 atom stereocenters. The highest BCUT2D eigenvalue weighted by molar-refractivity contribution is 9.10. The van der Waals surface area contributed by atoms with Gasteiger partial charge < -0.3 is 15.6 Å². The van der Waals surface area contributed by atoms with Crippen molar-refractivity contribution in [1.29, 1.82) is 0 Å². The van der Waals surface area contributed by atoms with E-state index in [1.165, 1.54) is 0 Å². The molecule has 0 fully saturated rings.